The summed E-state index contributed by atoms with van der Waals surface area (Å²) in [6, 6.07) is 1.81. The van der Waals surface area contributed by atoms with Crippen molar-refractivity contribution in [3.05, 3.63) is 23.5 Å². The standard InChI is InChI=1S/C19H26N6O2.2ClH/c1-12-15-8-14(10-21-17(15)24-23-12)19(27)25-7-3-4-13(11-25)9-22-18(26)16-5-2-6-20-16;;/h8,10,13,16,20H,2-7,9,11H2,1H3,(H,22,26)(H,21,23,24);2*1H. The zero-order chi connectivity index (χ0) is 18.8. The maximum Gasteiger partial charge on any atom is 0.255 e. The topological polar surface area (TPSA) is 103 Å². The van der Waals surface area contributed by atoms with Gasteiger partial charge in [-0.3, -0.25) is 14.7 Å². The first kappa shape index (κ1) is 23.4. The van der Waals surface area contributed by atoms with Gasteiger partial charge < -0.3 is 15.5 Å². The number of H-pyrrole nitrogens is 1. The third-order valence-electron chi connectivity index (χ3n) is 5.60. The monoisotopic (exact) mass is 442 g/mol. The van der Waals surface area contributed by atoms with E-state index in [1.807, 2.05) is 17.9 Å². The Bertz CT molecular complexity index is 852. The number of hydrogen-bond acceptors (Lipinski definition) is 5. The Balaban J connectivity index is 0.00000150. The number of nitrogens with one attached hydrogen (secondary N) is 3. The number of nitrogens with zero attached hydrogens (tertiary/aromatic N) is 3. The molecular formula is C19H28Cl2N6O2. The molecule has 160 valence electrons. The predicted octanol–water partition coefficient (Wildman–Crippen LogP) is 1.83. The molecule has 0 spiro atoms. The molecule has 2 fully saturated rings. The lowest BCUT2D eigenvalue weighted by Gasteiger charge is -2.33. The molecule has 2 aromatic heterocycles. The highest BCUT2D eigenvalue weighted by molar-refractivity contribution is 5.97. The summed E-state index contributed by atoms with van der Waals surface area (Å²) in [7, 11) is 0. The van der Waals surface area contributed by atoms with Gasteiger partial charge in [-0.2, -0.15) is 5.10 Å². The first-order chi connectivity index (χ1) is 13.1. The minimum atomic E-state index is -0.0534. The fourth-order valence-electron chi connectivity index (χ4n) is 4.01. The SMILES string of the molecule is Cc1[nH]nc2ncc(C(=O)N3CCCC(CNC(=O)C4CCCN4)C3)cc12.Cl.Cl. The van der Waals surface area contributed by atoms with Gasteiger partial charge in [0.15, 0.2) is 5.65 Å². The van der Waals surface area contributed by atoms with Crippen molar-refractivity contribution in [3.63, 3.8) is 0 Å². The number of aromatic amines is 1. The molecule has 2 aliphatic rings. The number of halogens is 2. The van der Waals surface area contributed by atoms with Gasteiger partial charge in [0.05, 0.1) is 11.6 Å². The number of aromatic nitrogens is 3. The van der Waals surface area contributed by atoms with E-state index in [0.29, 0.717) is 30.2 Å². The van der Waals surface area contributed by atoms with Crippen LogP contribution in [0.25, 0.3) is 11.0 Å². The van der Waals surface area contributed by atoms with Crippen molar-refractivity contribution in [3.8, 4) is 0 Å². The highest BCUT2D eigenvalue weighted by Crippen LogP contribution is 2.20. The number of piperidine rings is 1. The van der Waals surface area contributed by atoms with E-state index in [-0.39, 0.29) is 42.7 Å². The van der Waals surface area contributed by atoms with Crippen molar-refractivity contribution in [2.45, 2.75) is 38.6 Å². The van der Waals surface area contributed by atoms with Crippen molar-refractivity contribution in [1.82, 2.24) is 30.7 Å². The fraction of sp³-hybridized carbons (Fsp3) is 0.579. The van der Waals surface area contributed by atoms with E-state index in [1.165, 1.54) is 0 Å². The van der Waals surface area contributed by atoms with Gasteiger partial charge in [-0.25, -0.2) is 4.98 Å². The van der Waals surface area contributed by atoms with Gasteiger partial charge in [0, 0.05) is 36.9 Å². The first-order valence-corrected chi connectivity index (χ1v) is 9.73. The Labute approximate surface area is 182 Å². The largest absolute Gasteiger partial charge is 0.354 e. The third-order valence-corrected chi connectivity index (χ3v) is 5.60. The minimum Gasteiger partial charge on any atom is -0.354 e. The number of rotatable bonds is 4. The number of fused-ring (bicyclic) bond motifs is 1. The van der Waals surface area contributed by atoms with Crippen LogP contribution in [0.1, 0.15) is 41.7 Å². The maximum absolute atomic E-state index is 12.9. The molecule has 4 rings (SSSR count). The lowest BCUT2D eigenvalue weighted by Crippen LogP contribution is -2.46. The number of pyridine rings is 1. The molecule has 0 radical (unpaired) electrons. The zero-order valence-electron chi connectivity index (χ0n) is 16.4. The number of likely N-dealkylation sites (tertiary alicyclic amines) is 1. The molecule has 2 aliphatic heterocycles. The maximum atomic E-state index is 12.9. The van der Waals surface area contributed by atoms with Crippen LogP contribution in [0.15, 0.2) is 12.3 Å². The van der Waals surface area contributed by atoms with E-state index >= 15 is 0 Å². The molecule has 2 aromatic rings. The van der Waals surface area contributed by atoms with Crippen molar-refractivity contribution in [2.75, 3.05) is 26.2 Å². The highest BCUT2D eigenvalue weighted by Gasteiger charge is 2.27. The number of aryl methyl sites for hydroxylation is 1. The molecule has 0 saturated carbocycles. The van der Waals surface area contributed by atoms with Crippen molar-refractivity contribution >= 4 is 47.7 Å². The predicted molar refractivity (Wildman–Crippen MR) is 116 cm³/mol. The van der Waals surface area contributed by atoms with Gasteiger partial charge in [-0.15, -0.1) is 24.8 Å². The van der Waals surface area contributed by atoms with E-state index in [2.05, 4.69) is 25.8 Å². The summed E-state index contributed by atoms with van der Waals surface area (Å²) in [5.41, 5.74) is 2.13. The highest BCUT2D eigenvalue weighted by atomic mass is 35.5. The lowest BCUT2D eigenvalue weighted by molar-refractivity contribution is -0.123. The Morgan fingerprint density at radius 1 is 1.28 bits per heavy atom. The van der Waals surface area contributed by atoms with Gasteiger partial charge in [0.1, 0.15) is 0 Å². The van der Waals surface area contributed by atoms with Gasteiger partial charge in [-0.1, -0.05) is 0 Å². The molecule has 2 unspecified atom stereocenters. The molecular weight excluding hydrogens is 415 g/mol. The molecule has 0 aromatic carbocycles. The lowest BCUT2D eigenvalue weighted by atomic mass is 9.97. The van der Waals surface area contributed by atoms with Gasteiger partial charge in [0.2, 0.25) is 5.91 Å². The van der Waals surface area contributed by atoms with Crippen LogP contribution in [0.2, 0.25) is 0 Å². The number of amides is 2. The van der Waals surface area contributed by atoms with Gasteiger partial charge in [-0.05, 0) is 51.1 Å². The Morgan fingerprint density at radius 2 is 2.10 bits per heavy atom. The number of hydrogen-bond donors (Lipinski definition) is 3. The van der Waals surface area contributed by atoms with Gasteiger partial charge >= 0.3 is 0 Å². The second kappa shape index (κ2) is 10.2. The Kier molecular flexibility index (Phi) is 8.24. The molecule has 3 N–H and O–H groups in total. The van der Waals surface area contributed by atoms with Crippen LogP contribution in [-0.4, -0.2) is 64.1 Å². The first-order valence-electron chi connectivity index (χ1n) is 9.73. The Hall–Kier alpha value is -1.90. The molecule has 0 bridgehead atoms. The molecule has 2 atom stereocenters. The molecule has 0 aliphatic carbocycles. The summed E-state index contributed by atoms with van der Waals surface area (Å²) in [6.45, 7) is 4.87. The van der Waals surface area contributed by atoms with Crippen molar-refractivity contribution in [1.29, 1.82) is 0 Å². The second-order valence-electron chi connectivity index (χ2n) is 7.60. The van der Waals surface area contributed by atoms with E-state index in [1.54, 1.807) is 6.20 Å². The summed E-state index contributed by atoms with van der Waals surface area (Å²) < 4.78 is 0. The molecule has 4 heterocycles. The van der Waals surface area contributed by atoms with E-state index in [9.17, 15) is 9.59 Å². The minimum absolute atomic E-state index is 0. The van der Waals surface area contributed by atoms with Crippen molar-refractivity contribution in [2.24, 2.45) is 5.92 Å². The molecule has 2 saturated heterocycles. The third kappa shape index (κ3) is 5.18. The quantitative estimate of drug-likeness (QED) is 0.669. The summed E-state index contributed by atoms with van der Waals surface area (Å²) in [6.07, 6.45) is 5.54. The molecule has 10 heteroatoms. The number of carbonyl (C=O) groups is 2. The number of carbonyl (C=O) groups excluding carboxylic acids is 2. The van der Waals surface area contributed by atoms with Crippen LogP contribution < -0.4 is 10.6 Å². The average molecular weight is 443 g/mol. The van der Waals surface area contributed by atoms with E-state index < -0.39 is 0 Å². The fourth-order valence-corrected chi connectivity index (χ4v) is 4.01. The van der Waals surface area contributed by atoms with Crippen LogP contribution in [-0.2, 0) is 4.79 Å². The van der Waals surface area contributed by atoms with Crippen LogP contribution in [0.3, 0.4) is 0 Å². The molecule has 2 amide bonds. The molecule has 8 nitrogen and oxygen atoms in total. The van der Waals surface area contributed by atoms with E-state index in [4.69, 9.17) is 0 Å². The van der Waals surface area contributed by atoms with E-state index in [0.717, 1.165) is 49.9 Å². The second-order valence-corrected chi connectivity index (χ2v) is 7.60. The van der Waals surface area contributed by atoms with Crippen LogP contribution in [0.4, 0.5) is 0 Å². The smallest absolute Gasteiger partial charge is 0.255 e. The average Bonchev–Trinajstić information content (AvgIpc) is 3.36. The normalized spacial score (nSPS) is 21.3. The summed E-state index contributed by atoms with van der Waals surface area (Å²) >= 11 is 0. The van der Waals surface area contributed by atoms with Crippen molar-refractivity contribution < 1.29 is 9.59 Å². The molecule has 29 heavy (non-hydrogen) atoms. The summed E-state index contributed by atoms with van der Waals surface area (Å²) in [4.78, 5) is 31.3. The van der Waals surface area contributed by atoms with Crippen LogP contribution in [0, 0.1) is 12.8 Å². The summed E-state index contributed by atoms with van der Waals surface area (Å²) in [5, 5.41) is 14.2. The van der Waals surface area contributed by atoms with Crippen LogP contribution >= 0.6 is 24.8 Å². The van der Waals surface area contributed by atoms with Crippen LogP contribution in [0.5, 0.6) is 0 Å². The Morgan fingerprint density at radius 3 is 2.86 bits per heavy atom. The summed E-state index contributed by atoms with van der Waals surface area (Å²) in [5.74, 6) is 0.375. The van der Waals surface area contributed by atoms with Gasteiger partial charge in [0.25, 0.3) is 5.91 Å². The zero-order valence-corrected chi connectivity index (χ0v) is 18.1.